The van der Waals surface area contributed by atoms with Gasteiger partial charge in [0.1, 0.15) is 5.54 Å². The molecule has 6 heteroatoms. The summed E-state index contributed by atoms with van der Waals surface area (Å²) in [6, 6.07) is 0. The first-order valence-electron chi connectivity index (χ1n) is 5.33. The van der Waals surface area contributed by atoms with Crippen molar-refractivity contribution in [3.8, 4) is 0 Å². The van der Waals surface area contributed by atoms with E-state index in [0.29, 0.717) is 6.54 Å². The SMILES string of the molecule is CCCNC(C)(CN(C)CC(F)F)C(N)=O. The summed E-state index contributed by atoms with van der Waals surface area (Å²) >= 11 is 0. The second kappa shape index (κ2) is 6.75. The largest absolute Gasteiger partial charge is 0.368 e. The van der Waals surface area contributed by atoms with Crippen LogP contribution in [-0.4, -0.2) is 49.5 Å². The Labute approximate surface area is 95.2 Å². The van der Waals surface area contributed by atoms with E-state index in [-0.39, 0.29) is 13.1 Å². The minimum absolute atomic E-state index is 0.173. The van der Waals surface area contributed by atoms with E-state index in [1.165, 1.54) is 4.90 Å². The summed E-state index contributed by atoms with van der Waals surface area (Å²) in [5.41, 5.74) is 4.32. The quantitative estimate of drug-likeness (QED) is 0.643. The van der Waals surface area contributed by atoms with Crippen molar-refractivity contribution >= 4 is 5.91 Å². The van der Waals surface area contributed by atoms with Gasteiger partial charge in [-0.3, -0.25) is 9.69 Å². The summed E-state index contributed by atoms with van der Waals surface area (Å²) in [7, 11) is 1.54. The first kappa shape index (κ1) is 15.2. The summed E-state index contributed by atoms with van der Waals surface area (Å²) in [6.07, 6.45) is -1.56. The van der Waals surface area contributed by atoms with Gasteiger partial charge in [0, 0.05) is 6.54 Å². The number of nitrogens with one attached hydrogen (secondary N) is 1. The fourth-order valence-electron chi connectivity index (χ4n) is 1.46. The highest BCUT2D eigenvalue weighted by molar-refractivity contribution is 5.84. The molecule has 0 rings (SSSR count). The fourth-order valence-corrected chi connectivity index (χ4v) is 1.46. The zero-order valence-electron chi connectivity index (χ0n) is 10.1. The molecule has 1 amide bonds. The molecule has 16 heavy (non-hydrogen) atoms. The molecule has 4 nitrogen and oxygen atoms in total. The highest BCUT2D eigenvalue weighted by Crippen LogP contribution is 2.07. The number of amides is 1. The molecule has 0 fully saturated rings. The molecule has 0 spiro atoms. The van der Waals surface area contributed by atoms with E-state index >= 15 is 0 Å². The van der Waals surface area contributed by atoms with Crippen molar-refractivity contribution in [1.82, 2.24) is 10.2 Å². The highest BCUT2D eigenvalue weighted by Gasteiger charge is 2.31. The second-order valence-corrected chi connectivity index (χ2v) is 4.21. The number of nitrogens with zero attached hydrogens (tertiary/aromatic N) is 1. The molecule has 0 aromatic rings. The molecule has 0 radical (unpaired) electrons. The van der Waals surface area contributed by atoms with Gasteiger partial charge < -0.3 is 11.1 Å². The third-order valence-corrected chi connectivity index (χ3v) is 2.34. The lowest BCUT2D eigenvalue weighted by Gasteiger charge is -2.31. The number of halogens is 2. The molecule has 0 aliphatic heterocycles. The number of alkyl halides is 2. The molecule has 0 saturated heterocycles. The van der Waals surface area contributed by atoms with E-state index in [4.69, 9.17) is 5.73 Å². The second-order valence-electron chi connectivity index (χ2n) is 4.21. The number of rotatable bonds is 8. The third-order valence-electron chi connectivity index (χ3n) is 2.34. The Hall–Kier alpha value is -0.750. The van der Waals surface area contributed by atoms with Gasteiger partial charge in [-0.2, -0.15) is 0 Å². The molecule has 0 saturated carbocycles. The van der Waals surface area contributed by atoms with Crippen molar-refractivity contribution in [2.24, 2.45) is 5.73 Å². The molecule has 0 heterocycles. The van der Waals surface area contributed by atoms with Gasteiger partial charge in [0.2, 0.25) is 5.91 Å². The first-order valence-corrected chi connectivity index (χ1v) is 5.33. The number of hydrogen-bond donors (Lipinski definition) is 2. The highest BCUT2D eigenvalue weighted by atomic mass is 19.3. The molecule has 0 aromatic carbocycles. The lowest BCUT2D eigenvalue weighted by molar-refractivity contribution is -0.124. The predicted molar refractivity (Wildman–Crippen MR) is 59.4 cm³/mol. The number of likely N-dealkylation sites (N-methyl/N-ethyl adjacent to an activating group) is 1. The average Bonchev–Trinajstić information content (AvgIpc) is 2.12. The number of hydrogen-bond acceptors (Lipinski definition) is 3. The molecule has 0 aliphatic carbocycles. The van der Waals surface area contributed by atoms with E-state index in [9.17, 15) is 13.6 Å². The van der Waals surface area contributed by atoms with Gasteiger partial charge in [0.05, 0.1) is 6.54 Å². The maximum atomic E-state index is 12.1. The van der Waals surface area contributed by atoms with Crippen molar-refractivity contribution in [1.29, 1.82) is 0 Å². The van der Waals surface area contributed by atoms with Crippen LogP contribution < -0.4 is 11.1 Å². The Balaban J connectivity index is 4.36. The van der Waals surface area contributed by atoms with Crippen LogP contribution in [0.2, 0.25) is 0 Å². The van der Waals surface area contributed by atoms with Crippen LogP contribution in [0.5, 0.6) is 0 Å². The molecule has 96 valence electrons. The summed E-state index contributed by atoms with van der Waals surface area (Å²) < 4.78 is 24.3. The van der Waals surface area contributed by atoms with Crippen LogP contribution >= 0.6 is 0 Å². The fraction of sp³-hybridized carbons (Fsp3) is 0.900. The number of primary amides is 1. The van der Waals surface area contributed by atoms with Crippen molar-refractivity contribution < 1.29 is 13.6 Å². The van der Waals surface area contributed by atoms with Gasteiger partial charge in [-0.1, -0.05) is 6.92 Å². The van der Waals surface area contributed by atoms with Crippen LogP contribution in [0.4, 0.5) is 8.78 Å². The Bertz CT molecular complexity index is 226. The predicted octanol–water partition coefficient (Wildman–Crippen LogP) is 0.427. The van der Waals surface area contributed by atoms with Crippen molar-refractivity contribution in [2.75, 3.05) is 26.7 Å². The van der Waals surface area contributed by atoms with E-state index in [1.807, 2.05) is 6.92 Å². The Morgan fingerprint density at radius 2 is 2.12 bits per heavy atom. The van der Waals surface area contributed by atoms with Crippen molar-refractivity contribution in [3.05, 3.63) is 0 Å². The van der Waals surface area contributed by atoms with Gasteiger partial charge in [0.25, 0.3) is 6.43 Å². The molecule has 0 aromatic heterocycles. The minimum atomic E-state index is -2.41. The molecule has 3 N–H and O–H groups in total. The summed E-state index contributed by atoms with van der Waals surface area (Å²) in [5, 5.41) is 2.99. The number of carbonyl (C=O) groups excluding carboxylic acids is 1. The molecule has 0 bridgehead atoms. The average molecular weight is 237 g/mol. The van der Waals surface area contributed by atoms with Crippen molar-refractivity contribution in [3.63, 3.8) is 0 Å². The zero-order chi connectivity index (χ0) is 12.8. The molecule has 1 unspecified atom stereocenters. The molecule has 1 atom stereocenters. The Morgan fingerprint density at radius 3 is 2.50 bits per heavy atom. The van der Waals surface area contributed by atoms with E-state index in [0.717, 1.165) is 6.42 Å². The van der Waals surface area contributed by atoms with Crippen molar-refractivity contribution in [2.45, 2.75) is 32.2 Å². The lowest BCUT2D eigenvalue weighted by atomic mass is 10.0. The summed E-state index contributed by atoms with van der Waals surface area (Å²) in [4.78, 5) is 12.7. The molecular weight excluding hydrogens is 216 g/mol. The van der Waals surface area contributed by atoms with Crippen LogP contribution in [0.3, 0.4) is 0 Å². The molecular formula is C10H21F2N3O. The number of carbonyl (C=O) groups is 1. The van der Waals surface area contributed by atoms with Gasteiger partial charge in [0.15, 0.2) is 0 Å². The zero-order valence-corrected chi connectivity index (χ0v) is 10.1. The van der Waals surface area contributed by atoms with Gasteiger partial charge in [-0.05, 0) is 26.9 Å². The molecule has 0 aliphatic rings. The van der Waals surface area contributed by atoms with Gasteiger partial charge in [-0.25, -0.2) is 8.78 Å². The first-order chi connectivity index (χ1) is 7.31. The van der Waals surface area contributed by atoms with E-state index in [1.54, 1.807) is 14.0 Å². The van der Waals surface area contributed by atoms with Gasteiger partial charge in [-0.15, -0.1) is 0 Å². The topological polar surface area (TPSA) is 58.4 Å². The maximum Gasteiger partial charge on any atom is 0.251 e. The van der Waals surface area contributed by atoms with Crippen LogP contribution in [0.25, 0.3) is 0 Å². The minimum Gasteiger partial charge on any atom is -0.368 e. The van der Waals surface area contributed by atoms with Crippen LogP contribution in [-0.2, 0) is 4.79 Å². The van der Waals surface area contributed by atoms with Crippen LogP contribution in [0, 0.1) is 0 Å². The number of nitrogens with two attached hydrogens (primary N) is 1. The normalized spacial score (nSPS) is 15.4. The van der Waals surface area contributed by atoms with Crippen LogP contribution in [0.15, 0.2) is 0 Å². The standard InChI is InChI=1S/C10H21F2N3O/c1-4-5-14-10(2,9(13)16)7-15(3)6-8(11)12/h8,14H,4-7H2,1-3H3,(H2,13,16). The summed E-state index contributed by atoms with van der Waals surface area (Å²) in [5.74, 6) is -0.526. The van der Waals surface area contributed by atoms with Gasteiger partial charge >= 0.3 is 0 Å². The lowest BCUT2D eigenvalue weighted by Crippen LogP contribution is -2.59. The monoisotopic (exact) mass is 237 g/mol. The van der Waals surface area contributed by atoms with E-state index in [2.05, 4.69) is 5.32 Å². The summed E-state index contributed by atoms with van der Waals surface area (Å²) in [6.45, 7) is 4.02. The Morgan fingerprint density at radius 1 is 1.56 bits per heavy atom. The Kier molecular flexibility index (Phi) is 6.43. The third kappa shape index (κ3) is 5.37. The van der Waals surface area contributed by atoms with E-state index < -0.39 is 17.9 Å². The maximum absolute atomic E-state index is 12.1. The van der Waals surface area contributed by atoms with Crippen LogP contribution in [0.1, 0.15) is 20.3 Å². The smallest absolute Gasteiger partial charge is 0.251 e.